The molecule has 3 nitrogen and oxygen atoms in total. The Hall–Kier alpha value is -1.58. The molecule has 1 unspecified atom stereocenters. The Bertz CT molecular complexity index is 554. The van der Waals surface area contributed by atoms with Gasteiger partial charge in [-0.05, 0) is 37.2 Å². The standard InChI is InChI=1S/C16H20ClN3/c1-12(14-6-4-5-7-15(14)17)20(3)16-9-8-13(10-18-2)11-19-16/h4-9,11-12,18H,10H2,1-3H3. The van der Waals surface area contributed by atoms with E-state index in [0.717, 1.165) is 22.9 Å². The maximum atomic E-state index is 6.26. The average Bonchev–Trinajstić information content (AvgIpc) is 2.47. The summed E-state index contributed by atoms with van der Waals surface area (Å²) in [6.07, 6.45) is 1.90. The van der Waals surface area contributed by atoms with Crippen LogP contribution in [0.4, 0.5) is 5.82 Å². The molecule has 1 heterocycles. The summed E-state index contributed by atoms with van der Waals surface area (Å²) in [7, 11) is 3.97. The van der Waals surface area contributed by atoms with Gasteiger partial charge >= 0.3 is 0 Å². The summed E-state index contributed by atoms with van der Waals surface area (Å²) < 4.78 is 0. The number of halogens is 1. The molecule has 0 radical (unpaired) electrons. The lowest BCUT2D eigenvalue weighted by molar-refractivity contribution is 0.727. The minimum Gasteiger partial charge on any atom is -0.353 e. The van der Waals surface area contributed by atoms with Crippen LogP contribution in [0.15, 0.2) is 42.6 Å². The van der Waals surface area contributed by atoms with Gasteiger partial charge in [0, 0.05) is 24.8 Å². The highest BCUT2D eigenvalue weighted by Crippen LogP contribution is 2.28. The second kappa shape index (κ2) is 6.73. The maximum absolute atomic E-state index is 6.26. The van der Waals surface area contributed by atoms with Crippen molar-refractivity contribution >= 4 is 17.4 Å². The number of anilines is 1. The molecule has 0 fully saturated rings. The van der Waals surface area contributed by atoms with E-state index >= 15 is 0 Å². The molecule has 0 spiro atoms. The van der Waals surface area contributed by atoms with Crippen molar-refractivity contribution < 1.29 is 0 Å². The van der Waals surface area contributed by atoms with Crippen LogP contribution in [-0.2, 0) is 6.54 Å². The van der Waals surface area contributed by atoms with Gasteiger partial charge in [-0.3, -0.25) is 0 Å². The molecule has 1 aromatic carbocycles. The molecule has 20 heavy (non-hydrogen) atoms. The van der Waals surface area contributed by atoms with E-state index in [1.54, 1.807) is 0 Å². The van der Waals surface area contributed by atoms with Crippen LogP contribution in [0.5, 0.6) is 0 Å². The number of hydrogen-bond acceptors (Lipinski definition) is 3. The smallest absolute Gasteiger partial charge is 0.128 e. The third kappa shape index (κ3) is 3.30. The molecule has 0 bridgehead atoms. The first kappa shape index (κ1) is 14.8. The Labute approximate surface area is 125 Å². The van der Waals surface area contributed by atoms with Gasteiger partial charge in [-0.15, -0.1) is 0 Å². The van der Waals surface area contributed by atoms with Crippen LogP contribution in [0.2, 0.25) is 5.02 Å². The summed E-state index contributed by atoms with van der Waals surface area (Å²) in [6.45, 7) is 2.96. The highest BCUT2D eigenvalue weighted by atomic mass is 35.5. The molecule has 0 amide bonds. The summed E-state index contributed by atoms with van der Waals surface area (Å²) >= 11 is 6.26. The number of nitrogens with zero attached hydrogens (tertiary/aromatic N) is 2. The van der Waals surface area contributed by atoms with Crippen LogP contribution in [0.1, 0.15) is 24.1 Å². The van der Waals surface area contributed by atoms with Crippen molar-refractivity contribution in [3.63, 3.8) is 0 Å². The molecule has 0 saturated carbocycles. The van der Waals surface area contributed by atoms with Crippen molar-refractivity contribution in [1.82, 2.24) is 10.3 Å². The molecule has 0 aliphatic heterocycles. The molecule has 4 heteroatoms. The second-order valence-corrected chi connectivity index (χ2v) is 5.27. The largest absolute Gasteiger partial charge is 0.353 e. The molecule has 106 valence electrons. The summed E-state index contributed by atoms with van der Waals surface area (Å²) in [5.41, 5.74) is 2.29. The van der Waals surface area contributed by atoms with E-state index in [2.05, 4.69) is 34.3 Å². The normalized spacial score (nSPS) is 12.2. The molecule has 1 atom stereocenters. The van der Waals surface area contributed by atoms with Crippen molar-refractivity contribution in [2.75, 3.05) is 19.0 Å². The zero-order valence-electron chi connectivity index (χ0n) is 12.1. The van der Waals surface area contributed by atoms with Gasteiger partial charge in [-0.2, -0.15) is 0 Å². The van der Waals surface area contributed by atoms with Crippen molar-refractivity contribution in [3.05, 3.63) is 58.7 Å². The van der Waals surface area contributed by atoms with Crippen molar-refractivity contribution in [2.45, 2.75) is 19.5 Å². The average molecular weight is 290 g/mol. The first-order valence-corrected chi connectivity index (χ1v) is 7.08. The third-order valence-electron chi connectivity index (χ3n) is 3.49. The summed E-state index contributed by atoms with van der Waals surface area (Å²) in [4.78, 5) is 6.65. The van der Waals surface area contributed by atoms with E-state index in [1.807, 2.05) is 44.6 Å². The molecule has 0 aliphatic carbocycles. The Morgan fingerprint density at radius 2 is 2.00 bits per heavy atom. The van der Waals surface area contributed by atoms with Gasteiger partial charge in [0.1, 0.15) is 5.82 Å². The molecule has 2 rings (SSSR count). The van der Waals surface area contributed by atoms with Gasteiger partial charge < -0.3 is 10.2 Å². The monoisotopic (exact) mass is 289 g/mol. The highest BCUT2D eigenvalue weighted by Gasteiger charge is 2.15. The SMILES string of the molecule is CNCc1ccc(N(C)C(C)c2ccccc2Cl)nc1. The van der Waals surface area contributed by atoms with Crippen LogP contribution in [0.25, 0.3) is 0 Å². The number of hydrogen-bond donors (Lipinski definition) is 1. The first-order chi connectivity index (χ1) is 9.63. The van der Waals surface area contributed by atoms with E-state index < -0.39 is 0 Å². The van der Waals surface area contributed by atoms with E-state index in [9.17, 15) is 0 Å². The maximum Gasteiger partial charge on any atom is 0.128 e. The Morgan fingerprint density at radius 3 is 2.60 bits per heavy atom. The molecule has 0 saturated heterocycles. The summed E-state index contributed by atoms with van der Waals surface area (Å²) in [5, 5.41) is 3.91. The van der Waals surface area contributed by atoms with Gasteiger partial charge in [0.15, 0.2) is 0 Å². The fourth-order valence-electron chi connectivity index (χ4n) is 2.15. The van der Waals surface area contributed by atoms with Crippen molar-refractivity contribution in [3.8, 4) is 0 Å². The van der Waals surface area contributed by atoms with Gasteiger partial charge in [0.05, 0.1) is 6.04 Å². The number of nitrogens with one attached hydrogen (secondary N) is 1. The number of aromatic nitrogens is 1. The van der Waals surface area contributed by atoms with E-state index in [1.165, 1.54) is 5.56 Å². The predicted octanol–water partition coefficient (Wildman–Crippen LogP) is 3.65. The lowest BCUT2D eigenvalue weighted by Crippen LogP contribution is -2.23. The molecule has 1 aromatic heterocycles. The second-order valence-electron chi connectivity index (χ2n) is 4.86. The van der Waals surface area contributed by atoms with Gasteiger partial charge in [-0.25, -0.2) is 4.98 Å². The van der Waals surface area contributed by atoms with Gasteiger partial charge in [0.25, 0.3) is 0 Å². The fraction of sp³-hybridized carbons (Fsp3) is 0.312. The summed E-state index contributed by atoms with van der Waals surface area (Å²) in [5.74, 6) is 0.942. The fourth-order valence-corrected chi connectivity index (χ4v) is 2.45. The van der Waals surface area contributed by atoms with Gasteiger partial charge in [-0.1, -0.05) is 35.9 Å². The number of rotatable bonds is 5. The van der Waals surface area contributed by atoms with Crippen molar-refractivity contribution in [2.24, 2.45) is 0 Å². The van der Waals surface area contributed by atoms with Crippen LogP contribution in [0, 0.1) is 0 Å². The molecule has 0 aliphatic rings. The van der Waals surface area contributed by atoms with Crippen molar-refractivity contribution in [1.29, 1.82) is 0 Å². The first-order valence-electron chi connectivity index (χ1n) is 6.70. The Morgan fingerprint density at radius 1 is 1.25 bits per heavy atom. The lowest BCUT2D eigenvalue weighted by Gasteiger charge is -2.27. The van der Waals surface area contributed by atoms with E-state index in [-0.39, 0.29) is 6.04 Å². The van der Waals surface area contributed by atoms with E-state index in [4.69, 9.17) is 11.6 Å². The summed E-state index contributed by atoms with van der Waals surface area (Å²) in [6, 6.07) is 12.2. The molecular formula is C16H20ClN3. The van der Waals surface area contributed by atoms with Crippen LogP contribution in [-0.4, -0.2) is 19.1 Å². The minimum atomic E-state index is 0.173. The quantitative estimate of drug-likeness (QED) is 0.911. The lowest BCUT2D eigenvalue weighted by atomic mass is 10.1. The van der Waals surface area contributed by atoms with E-state index in [0.29, 0.717) is 0 Å². The van der Waals surface area contributed by atoms with Crippen LogP contribution < -0.4 is 10.2 Å². The Balaban J connectivity index is 2.18. The molecule has 1 N–H and O–H groups in total. The topological polar surface area (TPSA) is 28.2 Å². The highest BCUT2D eigenvalue weighted by molar-refractivity contribution is 6.31. The van der Waals surface area contributed by atoms with Crippen LogP contribution >= 0.6 is 11.6 Å². The van der Waals surface area contributed by atoms with Gasteiger partial charge in [0.2, 0.25) is 0 Å². The zero-order valence-corrected chi connectivity index (χ0v) is 12.9. The van der Waals surface area contributed by atoms with Crippen LogP contribution in [0.3, 0.4) is 0 Å². The molecular weight excluding hydrogens is 270 g/mol. The third-order valence-corrected chi connectivity index (χ3v) is 3.83. The zero-order chi connectivity index (χ0) is 14.5. The predicted molar refractivity (Wildman–Crippen MR) is 85.3 cm³/mol. The Kier molecular flexibility index (Phi) is 4.99. The number of benzene rings is 1. The molecule has 2 aromatic rings. The number of pyridine rings is 1. The minimum absolute atomic E-state index is 0.173.